The van der Waals surface area contributed by atoms with Crippen molar-refractivity contribution < 1.29 is 4.74 Å². The van der Waals surface area contributed by atoms with E-state index in [0.29, 0.717) is 0 Å². The third-order valence-electron chi connectivity index (χ3n) is 10.1. The minimum absolute atomic E-state index is 0.0463. The SMILES string of the molecule is CN1CS(C)(C)C=N1.CS1(C)C=CC=C1.CS1(C)CCCC1.CS1(C)CCCC1.CS1(C)CCCCC1.CS1(C)CCNC1.CS1(C)CCOCC1. The Balaban J connectivity index is 0.000000304. The maximum absolute atomic E-state index is 5.23. The van der Waals surface area contributed by atoms with Gasteiger partial charge in [0.2, 0.25) is 0 Å². The standard InChI is InChI=1S/C7H16S.C6H14OS.2C6H14S.C6H10S.C5H12N2S.C5H13NS/c1-8(2)6-4-3-5-7-8;1-8(2)5-3-7-4-6-8;3*1-7(2)5-3-4-6-7;1-7-5-8(2,3)4-6-7;1-7(2)4-3-6-5-7/h3-7H2,1-2H3;3-6H2,1-2H3;2*3-6H2,1-2H3;3-6H,1-2H3;4H,5H2,1-3H3;6H,3-5H2,1-2H3. The molecule has 11 heteroatoms. The zero-order valence-corrected chi connectivity index (χ0v) is 43.1. The van der Waals surface area contributed by atoms with E-state index in [1.165, 1.54) is 109 Å². The number of ether oxygens (including phenoxy) is 1. The lowest BCUT2D eigenvalue weighted by Crippen LogP contribution is -2.21. The average molecular weight is 869 g/mol. The van der Waals surface area contributed by atoms with Gasteiger partial charge >= 0.3 is 0 Å². The fourth-order valence-electron chi connectivity index (χ4n) is 6.28. The summed E-state index contributed by atoms with van der Waals surface area (Å²) in [5.74, 6) is 15.7. The molecule has 7 aliphatic rings. The molecule has 0 unspecified atom stereocenters. The molecular formula is C41H93N3OS7. The van der Waals surface area contributed by atoms with Gasteiger partial charge in [0.05, 0.1) is 24.6 Å². The quantitative estimate of drug-likeness (QED) is 0.264. The van der Waals surface area contributed by atoms with E-state index in [9.17, 15) is 0 Å². The van der Waals surface area contributed by atoms with Crippen LogP contribution in [0, 0.1) is 0 Å². The molecule has 7 rings (SSSR count). The highest BCUT2D eigenvalue weighted by atomic mass is 32.3. The Hall–Kier alpha value is 1.32. The van der Waals surface area contributed by atoms with Gasteiger partial charge in [-0.05, 0) is 177 Å². The molecule has 0 amide bonds. The largest absolute Gasteiger partial charge is 0.380 e. The van der Waals surface area contributed by atoms with Crippen LogP contribution in [0.3, 0.4) is 0 Å². The highest BCUT2D eigenvalue weighted by Crippen LogP contribution is 2.48. The lowest BCUT2D eigenvalue weighted by Gasteiger charge is -2.34. The van der Waals surface area contributed by atoms with Gasteiger partial charge in [-0.15, -0.1) is 0 Å². The van der Waals surface area contributed by atoms with Crippen LogP contribution in [0.2, 0.25) is 0 Å². The Morgan fingerprint density at radius 3 is 1.02 bits per heavy atom. The van der Waals surface area contributed by atoms with Crippen molar-refractivity contribution in [3.63, 3.8) is 0 Å². The Kier molecular flexibility index (Phi) is 24.0. The number of nitrogens with one attached hydrogen (secondary N) is 1. The van der Waals surface area contributed by atoms with Crippen LogP contribution in [-0.4, -0.2) is 188 Å². The molecule has 0 saturated carbocycles. The van der Waals surface area contributed by atoms with E-state index in [1.807, 2.05) is 12.1 Å². The van der Waals surface area contributed by atoms with Crippen LogP contribution in [0.25, 0.3) is 0 Å². The smallest absolute Gasteiger partial charge is 0.0700 e. The predicted octanol–water partition coefficient (Wildman–Crippen LogP) is 10.6. The summed E-state index contributed by atoms with van der Waals surface area (Å²) in [6.45, 7) is 3.26. The first-order valence-electron chi connectivity index (χ1n) is 19.6. The minimum Gasteiger partial charge on any atom is -0.380 e. The van der Waals surface area contributed by atoms with Crippen LogP contribution in [-0.2, 0) is 4.74 Å². The fraction of sp³-hybridized carbons (Fsp3) is 0.878. The van der Waals surface area contributed by atoms with E-state index in [4.69, 9.17) is 4.74 Å². The summed E-state index contributed by atoms with van der Waals surface area (Å²) in [7, 11) is 0.603. The van der Waals surface area contributed by atoms with Gasteiger partial charge in [-0.3, -0.25) is 5.01 Å². The second-order valence-corrected chi connectivity index (χ2v) is 48.0. The summed E-state index contributed by atoms with van der Waals surface area (Å²) in [5, 5.41) is 14.0. The molecule has 0 aromatic heterocycles. The first-order chi connectivity index (χ1) is 23.8. The average Bonchev–Trinajstić information content (AvgIpc) is 3.86. The number of hydrazone groups is 1. The molecule has 52 heavy (non-hydrogen) atoms. The molecule has 5 saturated heterocycles. The lowest BCUT2D eigenvalue weighted by molar-refractivity contribution is 0.159. The molecule has 7 heterocycles. The summed E-state index contributed by atoms with van der Waals surface area (Å²) in [4.78, 5) is 0. The van der Waals surface area contributed by atoms with E-state index in [0.717, 1.165) is 19.1 Å². The molecule has 0 atom stereocenters. The van der Waals surface area contributed by atoms with Gasteiger partial charge in [-0.1, -0.05) is 18.6 Å². The molecule has 7 aliphatic heterocycles. The van der Waals surface area contributed by atoms with Crippen molar-refractivity contribution in [2.45, 2.75) is 44.9 Å². The van der Waals surface area contributed by atoms with E-state index >= 15 is 0 Å². The molecule has 0 radical (unpaired) electrons. The van der Waals surface area contributed by atoms with Crippen molar-refractivity contribution in [1.29, 1.82) is 0 Å². The first-order valence-corrected chi connectivity index (χ1v) is 38.8. The van der Waals surface area contributed by atoms with Crippen LogP contribution in [0.5, 0.6) is 0 Å². The van der Waals surface area contributed by atoms with Gasteiger partial charge in [0.1, 0.15) is 0 Å². The van der Waals surface area contributed by atoms with Crippen molar-refractivity contribution in [3.8, 4) is 0 Å². The number of hydrogen-bond acceptors (Lipinski definition) is 4. The second kappa shape index (κ2) is 24.3. The number of hydrogen-bond donors (Lipinski definition) is 1. The molecule has 0 bridgehead atoms. The third-order valence-corrected chi connectivity index (χ3v) is 26.7. The molecule has 0 aromatic carbocycles. The van der Waals surface area contributed by atoms with E-state index in [2.05, 4.69) is 127 Å². The van der Waals surface area contributed by atoms with Crippen molar-refractivity contribution in [2.75, 3.05) is 178 Å². The summed E-state index contributed by atoms with van der Waals surface area (Å²) in [6, 6.07) is 0. The van der Waals surface area contributed by atoms with Crippen molar-refractivity contribution in [1.82, 2.24) is 10.3 Å². The van der Waals surface area contributed by atoms with Gasteiger partial charge < -0.3 is 10.1 Å². The first kappa shape index (κ1) is 51.3. The number of allylic oxidation sites excluding steroid dienone is 2. The van der Waals surface area contributed by atoms with Crippen LogP contribution < -0.4 is 5.32 Å². The van der Waals surface area contributed by atoms with E-state index < -0.39 is 20.1 Å². The summed E-state index contributed by atoms with van der Waals surface area (Å²) in [5.41, 5.74) is 2.08. The molecule has 0 spiro atoms. The van der Waals surface area contributed by atoms with Gasteiger partial charge in [0.15, 0.2) is 0 Å². The van der Waals surface area contributed by atoms with Crippen molar-refractivity contribution in [3.05, 3.63) is 23.0 Å². The maximum atomic E-state index is 5.23. The second-order valence-electron chi connectivity index (χ2n) is 19.2. The monoisotopic (exact) mass is 868 g/mol. The molecule has 0 aliphatic carbocycles. The number of nitrogens with zero attached hydrogens (tertiary/aromatic N) is 2. The Bertz CT molecular complexity index is 947. The van der Waals surface area contributed by atoms with Gasteiger partial charge in [0.25, 0.3) is 0 Å². The van der Waals surface area contributed by atoms with Gasteiger partial charge in [-0.25, -0.2) is 60.2 Å². The zero-order chi connectivity index (χ0) is 39.6. The summed E-state index contributed by atoms with van der Waals surface area (Å²) < 4.78 is 5.23. The molecular weight excluding hydrogens is 775 g/mol. The van der Waals surface area contributed by atoms with Crippen LogP contribution in [0.1, 0.15) is 44.9 Å². The van der Waals surface area contributed by atoms with Crippen molar-refractivity contribution >= 4 is 75.7 Å². The predicted molar refractivity (Wildman–Crippen MR) is 275 cm³/mol. The lowest BCUT2D eigenvalue weighted by atomic mass is 10.3. The normalized spacial score (nSPS) is 31.2. The third kappa shape index (κ3) is 27.8. The Morgan fingerprint density at radius 2 is 0.885 bits per heavy atom. The minimum atomic E-state index is -0.461. The van der Waals surface area contributed by atoms with Crippen LogP contribution in [0.4, 0.5) is 0 Å². The molecule has 0 aromatic rings. The summed E-state index contributed by atoms with van der Waals surface area (Å²) in [6.07, 6.45) is 48.1. The highest BCUT2D eigenvalue weighted by molar-refractivity contribution is 8.43. The Morgan fingerprint density at radius 1 is 0.500 bits per heavy atom. The van der Waals surface area contributed by atoms with Crippen LogP contribution >= 0.6 is 70.2 Å². The Labute approximate surface area is 339 Å². The highest BCUT2D eigenvalue weighted by Gasteiger charge is 2.19. The van der Waals surface area contributed by atoms with E-state index in [1.54, 1.807) is 0 Å². The topological polar surface area (TPSA) is 36.9 Å². The molecule has 4 nitrogen and oxygen atoms in total. The van der Waals surface area contributed by atoms with E-state index in [-0.39, 0.29) is 50.1 Å². The van der Waals surface area contributed by atoms with Crippen molar-refractivity contribution in [2.24, 2.45) is 5.10 Å². The molecule has 1 N–H and O–H groups in total. The number of rotatable bonds is 0. The summed E-state index contributed by atoms with van der Waals surface area (Å²) >= 11 is 0. The van der Waals surface area contributed by atoms with Gasteiger partial charge in [0, 0.05) is 31.0 Å². The zero-order valence-electron chi connectivity index (χ0n) is 37.4. The molecule has 320 valence electrons. The fourth-order valence-corrected chi connectivity index (χ4v) is 18.3. The molecule has 5 fully saturated rings. The van der Waals surface area contributed by atoms with Crippen LogP contribution in [0.15, 0.2) is 28.1 Å². The maximum Gasteiger partial charge on any atom is 0.0700 e. The van der Waals surface area contributed by atoms with Gasteiger partial charge in [-0.2, -0.15) is 15.1 Å².